The average Bonchev–Trinajstić information content (AvgIpc) is 3.02. The van der Waals surface area contributed by atoms with E-state index in [-0.39, 0.29) is 11.2 Å². The standard InChI is InChI=1S/C16H16FN7O/c17-10-3-1-8-18-13(10)16(6-2-7-16)9-19-12-5-4-11(21-22-12)14-20-15(25)24-23-14/h1,3-5,8H,2,6-7,9H2,(H,19,22)(H2,20,23,24,25). The molecule has 0 aromatic carbocycles. The Morgan fingerprint density at radius 2 is 2.12 bits per heavy atom. The normalized spacial score (nSPS) is 15.6. The lowest BCUT2D eigenvalue weighted by Gasteiger charge is -2.41. The van der Waals surface area contributed by atoms with Gasteiger partial charge in [0.05, 0.1) is 5.69 Å². The Kier molecular flexibility index (Phi) is 3.75. The maximum Gasteiger partial charge on any atom is 0.340 e. The highest BCUT2D eigenvalue weighted by Gasteiger charge is 2.41. The van der Waals surface area contributed by atoms with Crippen molar-refractivity contribution in [2.75, 3.05) is 11.9 Å². The van der Waals surface area contributed by atoms with Gasteiger partial charge in [-0.1, -0.05) is 6.42 Å². The Morgan fingerprint density at radius 1 is 1.24 bits per heavy atom. The lowest BCUT2D eigenvalue weighted by Crippen LogP contribution is -2.42. The van der Waals surface area contributed by atoms with Gasteiger partial charge < -0.3 is 5.32 Å². The van der Waals surface area contributed by atoms with Crippen LogP contribution < -0.4 is 11.0 Å². The molecule has 1 aliphatic rings. The zero-order valence-electron chi connectivity index (χ0n) is 13.3. The van der Waals surface area contributed by atoms with Crippen LogP contribution in [0, 0.1) is 5.82 Å². The Balaban J connectivity index is 1.49. The van der Waals surface area contributed by atoms with Crippen molar-refractivity contribution in [3.05, 3.63) is 52.5 Å². The van der Waals surface area contributed by atoms with Gasteiger partial charge in [0.2, 0.25) is 0 Å². The fourth-order valence-corrected chi connectivity index (χ4v) is 3.08. The summed E-state index contributed by atoms with van der Waals surface area (Å²) in [5.41, 5.74) is 0.257. The molecule has 3 heterocycles. The molecule has 0 aliphatic heterocycles. The number of nitrogens with one attached hydrogen (secondary N) is 3. The van der Waals surface area contributed by atoms with Crippen molar-refractivity contribution in [2.45, 2.75) is 24.7 Å². The van der Waals surface area contributed by atoms with Gasteiger partial charge in [0.1, 0.15) is 17.3 Å². The molecule has 1 fully saturated rings. The molecule has 0 atom stereocenters. The van der Waals surface area contributed by atoms with Gasteiger partial charge in [-0.05, 0) is 37.1 Å². The summed E-state index contributed by atoms with van der Waals surface area (Å²) in [6.45, 7) is 0.536. The molecule has 0 bridgehead atoms. The summed E-state index contributed by atoms with van der Waals surface area (Å²) >= 11 is 0. The number of aromatic nitrogens is 6. The molecule has 128 valence electrons. The molecule has 0 unspecified atom stereocenters. The van der Waals surface area contributed by atoms with E-state index in [1.165, 1.54) is 6.07 Å². The highest BCUT2D eigenvalue weighted by molar-refractivity contribution is 5.49. The van der Waals surface area contributed by atoms with Gasteiger partial charge in [-0.3, -0.25) is 9.97 Å². The smallest absolute Gasteiger partial charge is 0.340 e. The van der Waals surface area contributed by atoms with E-state index in [0.717, 1.165) is 19.3 Å². The molecule has 8 nitrogen and oxygen atoms in total. The molecule has 0 amide bonds. The number of H-pyrrole nitrogens is 2. The van der Waals surface area contributed by atoms with Crippen LogP contribution in [0.4, 0.5) is 10.2 Å². The number of aromatic amines is 2. The number of halogens is 1. The van der Waals surface area contributed by atoms with Gasteiger partial charge in [-0.25, -0.2) is 14.3 Å². The highest BCUT2D eigenvalue weighted by atomic mass is 19.1. The molecule has 1 saturated carbocycles. The van der Waals surface area contributed by atoms with E-state index in [1.807, 2.05) is 0 Å². The van der Waals surface area contributed by atoms with Crippen molar-refractivity contribution in [3.8, 4) is 11.5 Å². The first-order valence-electron chi connectivity index (χ1n) is 8.00. The van der Waals surface area contributed by atoms with Crippen molar-refractivity contribution >= 4 is 5.82 Å². The van der Waals surface area contributed by atoms with Crippen LogP contribution in [-0.2, 0) is 5.41 Å². The van der Waals surface area contributed by atoms with Gasteiger partial charge in [0.25, 0.3) is 0 Å². The van der Waals surface area contributed by atoms with Gasteiger partial charge >= 0.3 is 5.69 Å². The number of hydrogen-bond acceptors (Lipinski definition) is 6. The Hall–Kier alpha value is -3.10. The zero-order chi connectivity index (χ0) is 17.3. The summed E-state index contributed by atoms with van der Waals surface area (Å²) in [5.74, 6) is 0.632. The SMILES string of the molecule is O=c1[nH]nc(-c2ccc(NCC3(c4ncccc4F)CCC3)nn2)[nH]1. The van der Waals surface area contributed by atoms with Gasteiger partial charge in [-0.2, -0.15) is 5.10 Å². The molecule has 3 aromatic heterocycles. The molecule has 1 aliphatic carbocycles. The third kappa shape index (κ3) is 2.88. The van der Waals surface area contributed by atoms with Crippen LogP contribution in [-0.4, -0.2) is 36.9 Å². The third-order valence-corrected chi connectivity index (χ3v) is 4.59. The number of rotatable bonds is 5. The monoisotopic (exact) mass is 341 g/mol. The number of nitrogens with zero attached hydrogens (tertiary/aromatic N) is 4. The topological polar surface area (TPSA) is 112 Å². The summed E-state index contributed by atoms with van der Waals surface area (Å²) < 4.78 is 14.1. The summed E-state index contributed by atoms with van der Waals surface area (Å²) in [7, 11) is 0. The predicted molar refractivity (Wildman–Crippen MR) is 88.4 cm³/mol. The molecule has 25 heavy (non-hydrogen) atoms. The first-order valence-corrected chi connectivity index (χ1v) is 8.00. The number of anilines is 1. The maximum atomic E-state index is 14.1. The Bertz CT molecular complexity index is 930. The predicted octanol–water partition coefficient (Wildman–Crippen LogP) is 1.62. The Morgan fingerprint density at radius 3 is 2.72 bits per heavy atom. The van der Waals surface area contributed by atoms with E-state index in [9.17, 15) is 9.18 Å². The average molecular weight is 341 g/mol. The van der Waals surface area contributed by atoms with E-state index in [0.29, 0.717) is 29.6 Å². The molecule has 0 saturated heterocycles. The van der Waals surface area contributed by atoms with Gasteiger partial charge in [-0.15, -0.1) is 10.2 Å². The van der Waals surface area contributed by atoms with Crippen molar-refractivity contribution in [3.63, 3.8) is 0 Å². The molecule has 3 N–H and O–H groups in total. The van der Waals surface area contributed by atoms with E-state index < -0.39 is 5.69 Å². The Labute approximate surface area is 141 Å². The third-order valence-electron chi connectivity index (χ3n) is 4.59. The summed E-state index contributed by atoms with van der Waals surface area (Å²) in [5, 5.41) is 17.4. The minimum Gasteiger partial charge on any atom is -0.368 e. The first kappa shape index (κ1) is 15.4. The van der Waals surface area contributed by atoms with Crippen LogP contribution in [0.2, 0.25) is 0 Å². The second-order valence-electron chi connectivity index (χ2n) is 6.15. The summed E-state index contributed by atoms with van der Waals surface area (Å²) in [4.78, 5) is 17.8. The summed E-state index contributed by atoms with van der Waals surface area (Å²) in [6.07, 6.45) is 4.44. The fraction of sp³-hybridized carbons (Fsp3) is 0.312. The molecule has 0 spiro atoms. The van der Waals surface area contributed by atoms with Crippen LogP contribution in [0.25, 0.3) is 11.5 Å². The number of hydrogen-bond donors (Lipinski definition) is 3. The minimum absolute atomic E-state index is 0.270. The largest absolute Gasteiger partial charge is 0.368 e. The highest BCUT2D eigenvalue weighted by Crippen LogP contribution is 2.43. The van der Waals surface area contributed by atoms with E-state index in [2.05, 4.69) is 35.7 Å². The quantitative estimate of drug-likeness (QED) is 0.650. The van der Waals surface area contributed by atoms with Crippen molar-refractivity contribution in [2.24, 2.45) is 0 Å². The maximum absolute atomic E-state index is 14.1. The lowest BCUT2D eigenvalue weighted by atomic mass is 9.66. The van der Waals surface area contributed by atoms with Crippen LogP contribution >= 0.6 is 0 Å². The molecule has 4 rings (SSSR count). The lowest BCUT2D eigenvalue weighted by molar-refractivity contribution is 0.243. The van der Waals surface area contributed by atoms with E-state index in [1.54, 1.807) is 24.4 Å². The second kappa shape index (κ2) is 6.08. The summed E-state index contributed by atoms with van der Waals surface area (Å²) in [6, 6.07) is 6.50. The van der Waals surface area contributed by atoms with Crippen LogP contribution in [0.15, 0.2) is 35.3 Å². The zero-order valence-corrected chi connectivity index (χ0v) is 13.3. The minimum atomic E-state index is -0.400. The number of pyridine rings is 1. The van der Waals surface area contributed by atoms with E-state index >= 15 is 0 Å². The van der Waals surface area contributed by atoms with Crippen molar-refractivity contribution < 1.29 is 4.39 Å². The van der Waals surface area contributed by atoms with Crippen LogP contribution in [0.5, 0.6) is 0 Å². The van der Waals surface area contributed by atoms with Crippen LogP contribution in [0.1, 0.15) is 25.0 Å². The van der Waals surface area contributed by atoms with Crippen molar-refractivity contribution in [1.82, 2.24) is 30.4 Å². The van der Waals surface area contributed by atoms with Gasteiger partial charge in [0.15, 0.2) is 5.82 Å². The molecule has 0 radical (unpaired) electrons. The van der Waals surface area contributed by atoms with E-state index in [4.69, 9.17) is 0 Å². The molecular weight excluding hydrogens is 325 g/mol. The molecule has 9 heteroatoms. The molecule has 3 aromatic rings. The fourth-order valence-electron chi connectivity index (χ4n) is 3.08. The second-order valence-corrected chi connectivity index (χ2v) is 6.15. The van der Waals surface area contributed by atoms with Gasteiger partial charge in [0, 0.05) is 18.2 Å². The first-order chi connectivity index (χ1) is 12.2. The van der Waals surface area contributed by atoms with Crippen molar-refractivity contribution in [1.29, 1.82) is 0 Å². The molecular formula is C16H16FN7O. The van der Waals surface area contributed by atoms with Crippen LogP contribution in [0.3, 0.4) is 0 Å².